The van der Waals surface area contributed by atoms with E-state index < -0.39 is 10.1 Å². The summed E-state index contributed by atoms with van der Waals surface area (Å²) >= 11 is 12.0. The van der Waals surface area contributed by atoms with Gasteiger partial charge in [-0.15, -0.1) is 0 Å². The SMILES string of the molecule is CCS(=O)(=O)Oc1cccc(CN(C(=O)c2cc(Cl)cc(Cl)c2)C(C)C)c1. The summed E-state index contributed by atoms with van der Waals surface area (Å²) in [7, 11) is -3.61. The maximum atomic E-state index is 12.9. The Morgan fingerprint density at radius 2 is 1.74 bits per heavy atom. The lowest BCUT2D eigenvalue weighted by atomic mass is 10.1. The van der Waals surface area contributed by atoms with Gasteiger partial charge in [-0.05, 0) is 56.7 Å². The van der Waals surface area contributed by atoms with E-state index in [-0.39, 0.29) is 30.0 Å². The van der Waals surface area contributed by atoms with Gasteiger partial charge in [-0.3, -0.25) is 4.79 Å². The van der Waals surface area contributed by atoms with Gasteiger partial charge >= 0.3 is 10.1 Å². The van der Waals surface area contributed by atoms with Crippen molar-refractivity contribution in [3.8, 4) is 5.75 Å². The lowest BCUT2D eigenvalue weighted by Crippen LogP contribution is -2.36. The van der Waals surface area contributed by atoms with Crippen LogP contribution in [0.3, 0.4) is 0 Å². The lowest BCUT2D eigenvalue weighted by Gasteiger charge is -2.27. The van der Waals surface area contributed by atoms with E-state index in [0.717, 1.165) is 5.56 Å². The highest BCUT2D eigenvalue weighted by Gasteiger charge is 2.20. The van der Waals surface area contributed by atoms with Gasteiger partial charge in [-0.1, -0.05) is 35.3 Å². The number of hydrogen-bond donors (Lipinski definition) is 0. The van der Waals surface area contributed by atoms with E-state index in [1.54, 1.807) is 47.4 Å². The van der Waals surface area contributed by atoms with Gasteiger partial charge in [0, 0.05) is 28.2 Å². The van der Waals surface area contributed by atoms with Crippen LogP contribution in [-0.4, -0.2) is 31.0 Å². The number of halogens is 2. The first kappa shape index (κ1) is 21.5. The maximum Gasteiger partial charge on any atom is 0.308 e. The van der Waals surface area contributed by atoms with Crippen molar-refractivity contribution in [1.29, 1.82) is 0 Å². The predicted molar refractivity (Wildman–Crippen MR) is 108 cm³/mol. The zero-order valence-electron chi connectivity index (χ0n) is 15.3. The predicted octanol–water partition coefficient (Wildman–Crippen LogP) is 4.77. The summed E-state index contributed by atoms with van der Waals surface area (Å²) in [6.07, 6.45) is 0. The molecule has 0 fully saturated rings. The van der Waals surface area contributed by atoms with Gasteiger partial charge in [0.05, 0.1) is 5.75 Å². The third-order valence-electron chi connectivity index (χ3n) is 3.82. The molecule has 0 aliphatic rings. The summed E-state index contributed by atoms with van der Waals surface area (Å²) < 4.78 is 28.4. The Morgan fingerprint density at radius 3 is 2.30 bits per heavy atom. The average molecular weight is 430 g/mol. The molecular formula is C19H21Cl2NO4S. The average Bonchev–Trinajstić information content (AvgIpc) is 2.58. The standard InChI is InChI=1S/C19H21Cl2NO4S/c1-4-27(24,25)26-18-7-5-6-14(8-18)12-22(13(2)3)19(23)15-9-16(20)11-17(21)10-15/h5-11,13H,4,12H2,1-3H3. The smallest absolute Gasteiger partial charge is 0.308 e. The first-order chi connectivity index (χ1) is 12.6. The van der Waals surface area contributed by atoms with Crippen LogP contribution in [0.15, 0.2) is 42.5 Å². The van der Waals surface area contributed by atoms with Gasteiger partial charge in [0.25, 0.3) is 5.91 Å². The third kappa shape index (κ3) is 6.13. The summed E-state index contributed by atoms with van der Waals surface area (Å²) in [5, 5.41) is 0.768. The molecule has 0 heterocycles. The molecule has 146 valence electrons. The minimum atomic E-state index is -3.61. The molecule has 0 radical (unpaired) electrons. The van der Waals surface area contributed by atoms with Crippen molar-refractivity contribution in [3.63, 3.8) is 0 Å². The zero-order chi connectivity index (χ0) is 20.2. The van der Waals surface area contributed by atoms with Crippen LogP contribution in [0.4, 0.5) is 0 Å². The minimum absolute atomic E-state index is 0.0980. The van der Waals surface area contributed by atoms with Crippen LogP contribution in [0.2, 0.25) is 10.0 Å². The summed E-state index contributed by atoms with van der Waals surface area (Å²) in [5.74, 6) is -0.123. The zero-order valence-corrected chi connectivity index (χ0v) is 17.6. The van der Waals surface area contributed by atoms with E-state index in [1.807, 2.05) is 13.8 Å². The van der Waals surface area contributed by atoms with Gasteiger partial charge in [-0.2, -0.15) is 8.42 Å². The van der Waals surface area contributed by atoms with E-state index in [0.29, 0.717) is 15.6 Å². The Kier molecular flexibility index (Phi) is 7.14. The fraction of sp³-hybridized carbons (Fsp3) is 0.316. The van der Waals surface area contributed by atoms with Crippen LogP contribution in [0.25, 0.3) is 0 Å². The van der Waals surface area contributed by atoms with Crippen LogP contribution in [0.5, 0.6) is 5.75 Å². The van der Waals surface area contributed by atoms with Crippen LogP contribution < -0.4 is 4.18 Å². The van der Waals surface area contributed by atoms with Crippen molar-refractivity contribution < 1.29 is 17.4 Å². The summed E-state index contributed by atoms with van der Waals surface area (Å²) in [6, 6.07) is 11.3. The summed E-state index contributed by atoms with van der Waals surface area (Å²) in [4.78, 5) is 14.6. The Bertz CT molecular complexity index is 909. The molecule has 0 spiro atoms. The van der Waals surface area contributed by atoms with Gasteiger partial charge in [-0.25, -0.2) is 0 Å². The van der Waals surface area contributed by atoms with Crippen molar-refractivity contribution in [2.45, 2.75) is 33.4 Å². The lowest BCUT2D eigenvalue weighted by molar-refractivity contribution is 0.0690. The van der Waals surface area contributed by atoms with Gasteiger partial charge < -0.3 is 9.08 Å². The first-order valence-electron chi connectivity index (χ1n) is 8.39. The Balaban J connectivity index is 2.27. The molecule has 2 aromatic carbocycles. The van der Waals surface area contributed by atoms with Crippen LogP contribution >= 0.6 is 23.2 Å². The molecular weight excluding hydrogens is 409 g/mol. The van der Waals surface area contributed by atoms with Gasteiger partial charge in [0.1, 0.15) is 5.75 Å². The van der Waals surface area contributed by atoms with E-state index in [9.17, 15) is 13.2 Å². The number of rotatable bonds is 7. The van der Waals surface area contributed by atoms with Gasteiger partial charge in [0.15, 0.2) is 0 Å². The molecule has 0 aliphatic heterocycles. The van der Waals surface area contributed by atoms with Crippen molar-refractivity contribution in [2.24, 2.45) is 0 Å². The number of hydrogen-bond acceptors (Lipinski definition) is 4. The first-order valence-corrected chi connectivity index (χ1v) is 10.7. The van der Waals surface area contributed by atoms with Crippen LogP contribution in [0, 0.1) is 0 Å². The number of amides is 1. The molecule has 0 aliphatic carbocycles. The molecule has 0 N–H and O–H groups in total. The molecule has 5 nitrogen and oxygen atoms in total. The molecule has 0 saturated carbocycles. The highest BCUT2D eigenvalue weighted by Crippen LogP contribution is 2.23. The fourth-order valence-corrected chi connectivity index (χ4v) is 3.47. The Morgan fingerprint density at radius 1 is 1.11 bits per heavy atom. The van der Waals surface area contributed by atoms with Crippen molar-refractivity contribution in [2.75, 3.05) is 5.75 Å². The second kappa shape index (κ2) is 8.95. The molecule has 2 rings (SSSR count). The molecule has 0 aromatic heterocycles. The van der Waals surface area contributed by atoms with E-state index in [2.05, 4.69) is 0 Å². The molecule has 1 amide bonds. The topological polar surface area (TPSA) is 63.7 Å². The monoisotopic (exact) mass is 429 g/mol. The Hall–Kier alpha value is -1.76. The molecule has 27 heavy (non-hydrogen) atoms. The second-order valence-corrected chi connectivity index (χ2v) is 8.99. The van der Waals surface area contributed by atoms with Crippen molar-refractivity contribution in [1.82, 2.24) is 4.90 Å². The minimum Gasteiger partial charge on any atom is -0.382 e. The van der Waals surface area contributed by atoms with E-state index in [4.69, 9.17) is 27.4 Å². The van der Waals surface area contributed by atoms with Crippen LogP contribution in [-0.2, 0) is 16.7 Å². The summed E-state index contributed by atoms with van der Waals surface area (Å²) in [5.41, 5.74) is 1.14. The van der Waals surface area contributed by atoms with Crippen molar-refractivity contribution >= 4 is 39.2 Å². The summed E-state index contributed by atoms with van der Waals surface area (Å²) in [6.45, 7) is 5.58. The van der Waals surface area contributed by atoms with Gasteiger partial charge in [0.2, 0.25) is 0 Å². The number of carbonyl (C=O) groups is 1. The highest BCUT2D eigenvalue weighted by molar-refractivity contribution is 7.87. The Labute approximate surface area is 170 Å². The second-order valence-electron chi connectivity index (χ2n) is 6.26. The van der Waals surface area contributed by atoms with Crippen molar-refractivity contribution in [3.05, 3.63) is 63.6 Å². The molecule has 2 aromatic rings. The molecule has 0 saturated heterocycles. The quantitative estimate of drug-likeness (QED) is 0.594. The normalized spacial score (nSPS) is 11.5. The van der Waals surface area contributed by atoms with E-state index >= 15 is 0 Å². The molecule has 0 unspecified atom stereocenters. The molecule has 8 heteroatoms. The number of benzene rings is 2. The number of carbonyl (C=O) groups excluding carboxylic acids is 1. The van der Waals surface area contributed by atoms with Crippen LogP contribution in [0.1, 0.15) is 36.7 Å². The molecule has 0 atom stereocenters. The van der Waals surface area contributed by atoms with E-state index in [1.165, 1.54) is 6.92 Å². The maximum absolute atomic E-state index is 12.9. The fourth-order valence-electron chi connectivity index (χ4n) is 2.43. The number of nitrogens with zero attached hydrogens (tertiary/aromatic N) is 1. The molecule has 0 bridgehead atoms. The third-order valence-corrected chi connectivity index (χ3v) is 5.41. The largest absolute Gasteiger partial charge is 0.382 e. The highest BCUT2D eigenvalue weighted by atomic mass is 35.5.